The van der Waals surface area contributed by atoms with E-state index in [0.29, 0.717) is 9.80 Å². The van der Waals surface area contributed by atoms with Gasteiger partial charge in [0.2, 0.25) is 0 Å². The molecule has 2 aliphatic rings. The normalized spacial score (nSPS) is 30.3. The average molecular weight is 351 g/mol. The summed E-state index contributed by atoms with van der Waals surface area (Å²) < 4.78 is 41.0. The highest BCUT2D eigenvalue weighted by atomic mass is 79.9. The summed E-state index contributed by atoms with van der Waals surface area (Å²) in [5.41, 5.74) is -2.53. The third kappa shape index (κ3) is 1.81. The van der Waals surface area contributed by atoms with Crippen molar-refractivity contribution in [2.45, 2.75) is 36.6 Å². The van der Waals surface area contributed by atoms with Gasteiger partial charge in [0.1, 0.15) is 0 Å². The van der Waals surface area contributed by atoms with E-state index in [4.69, 9.17) is 0 Å². The monoisotopic (exact) mass is 350 g/mol. The highest BCUT2D eigenvalue weighted by Crippen LogP contribution is 2.83. The third-order valence-electron chi connectivity index (χ3n) is 4.03. The fourth-order valence-corrected chi connectivity index (χ4v) is 7.19. The zero-order valence-electron chi connectivity index (χ0n) is 10.4. The minimum atomic E-state index is -4.23. The smallest absolute Gasteiger partial charge is 0.160 e. The number of rotatable bonds is 1. The lowest BCUT2D eigenvalue weighted by Gasteiger charge is -2.41. The van der Waals surface area contributed by atoms with Gasteiger partial charge in [-0.05, 0) is 77.1 Å². The second kappa shape index (κ2) is 4.29. The molecule has 0 radical (unpaired) electrons. The third-order valence-corrected chi connectivity index (χ3v) is 9.99. The highest BCUT2D eigenvalue weighted by molar-refractivity contribution is 9.59. The molecule has 0 spiro atoms. The Kier molecular flexibility index (Phi) is 3.06. The van der Waals surface area contributed by atoms with Crippen LogP contribution in [0.2, 0.25) is 0 Å². The second-order valence-electron chi connectivity index (χ2n) is 5.14. The van der Waals surface area contributed by atoms with Gasteiger partial charge >= 0.3 is 5.51 Å². The largest absolute Gasteiger partial charge is 0.442 e. The molecule has 0 amide bonds. The predicted octanol–water partition coefficient (Wildman–Crippen LogP) is 6.14. The summed E-state index contributed by atoms with van der Waals surface area (Å²) >= 11 is 3.13. The average Bonchev–Trinajstić information content (AvgIpc) is 2.53. The van der Waals surface area contributed by atoms with Crippen LogP contribution in [0.4, 0.5) is 13.2 Å². The topological polar surface area (TPSA) is 0 Å². The fourth-order valence-electron chi connectivity index (χ4n) is 2.73. The summed E-state index contributed by atoms with van der Waals surface area (Å²) in [7, 11) is -3.03. The molecule has 19 heavy (non-hydrogen) atoms. The first-order valence-corrected chi connectivity index (χ1v) is 9.74. The Balaban J connectivity index is 2.20. The Morgan fingerprint density at radius 2 is 1.95 bits per heavy atom. The molecule has 0 saturated heterocycles. The van der Waals surface area contributed by atoms with Crippen LogP contribution in [0.25, 0.3) is 6.08 Å². The number of halogens is 4. The van der Waals surface area contributed by atoms with Gasteiger partial charge in [-0.15, -0.1) is 0 Å². The van der Waals surface area contributed by atoms with Crippen LogP contribution in [0.5, 0.6) is 0 Å². The summed E-state index contributed by atoms with van der Waals surface area (Å²) in [6.07, 6.45) is 4.61. The SMILES string of the molecule is Cc1cccc2c1C=C(C1CCC1)S2(Br)C(F)(F)F. The van der Waals surface area contributed by atoms with Gasteiger partial charge in [-0.25, -0.2) is 0 Å². The molecule has 5 heteroatoms. The molecular formula is C14H14BrF3S. The minimum absolute atomic E-state index is 0.0998. The van der Waals surface area contributed by atoms with Gasteiger partial charge in [0.15, 0.2) is 0 Å². The van der Waals surface area contributed by atoms with Crippen molar-refractivity contribution in [1.82, 2.24) is 0 Å². The maximum atomic E-state index is 13.7. The Morgan fingerprint density at radius 3 is 2.47 bits per heavy atom. The minimum Gasteiger partial charge on any atom is -0.160 e. The first-order chi connectivity index (χ1) is 8.85. The molecule has 1 aromatic carbocycles. The number of hydrogen-bond donors (Lipinski definition) is 0. The van der Waals surface area contributed by atoms with Crippen LogP contribution >= 0.6 is 23.3 Å². The van der Waals surface area contributed by atoms with Crippen molar-refractivity contribution in [2.24, 2.45) is 5.92 Å². The molecular weight excluding hydrogens is 337 g/mol. The lowest BCUT2D eigenvalue weighted by atomic mass is 9.84. The lowest BCUT2D eigenvalue weighted by Crippen LogP contribution is -2.22. The number of aryl methyl sites for hydroxylation is 1. The summed E-state index contributed by atoms with van der Waals surface area (Å²) in [5.74, 6) is 0.0998. The van der Waals surface area contributed by atoms with E-state index in [1.54, 1.807) is 18.2 Å². The Morgan fingerprint density at radius 1 is 1.26 bits per heavy atom. The zero-order valence-corrected chi connectivity index (χ0v) is 12.8. The molecule has 1 aliphatic carbocycles. The standard InChI is InChI=1S/C14H14BrF3S/c1-9-4-2-7-12-11(9)8-13(10-5-3-6-10)19(12,15)14(16,17)18/h2,4,7-8,10H,3,5-6H2,1H3. The summed E-state index contributed by atoms with van der Waals surface area (Å²) in [6, 6.07) is 5.23. The van der Waals surface area contributed by atoms with E-state index < -0.39 is 14.0 Å². The molecule has 0 aromatic heterocycles. The van der Waals surface area contributed by atoms with Crippen LogP contribution < -0.4 is 0 Å². The number of hydrogen-bond acceptors (Lipinski definition) is 0. The van der Waals surface area contributed by atoms with Gasteiger partial charge in [0, 0.05) is 4.90 Å². The number of allylic oxidation sites excluding steroid dienone is 1. The number of alkyl halides is 3. The molecule has 1 atom stereocenters. The van der Waals surface area contributed by atoms with Gasteiger partial charge < -0.3 is 0 Å². The van der Waals surface area contributed by atoms with Crippen LogP contribution in [0, 0.1) is 12.8 Å². The van der Waals surface area contributed by atoms with Crippen molar-refractivity contribution in [2.75, 3.05) is 0 Å². The molecule has 1 fully saturated rings. The first-order valence-electron chi connectivity index (χ1n) is 6.26. The Hall–Kier alpha value is -0.420. The molecule has 1 heterocycles. The van der Waals surface area contributed by atoms with Gasteiger partial charge in [0.05, 0.1) is 0 Å². The van der Waals surface area contributed by atoms with Crippen LogP contribution in [0.1, 0.15) is 30.4 Å². The molecule has 0 N–H and O–H groups in total. The zero-order chi connectivity index (χ0) is 13.8. The van der Waals surface area contributed by atoms with E-state index in [0.717, 1.165) is 30.4 Å². The van der Waals surface area contributed by atoms with Crippen molar-refractivity contribution in [3.63, 3.8) is 0 Å². The summed E-state index contributed by atoms with van der Waals surface area (Å²) in [5, 5.41) is 0. The van der Waals surface area contributed by atoms with E-state index in [1.807, 2.05) is 13.0 Å². The van der Waals surface area contributed by atoms with Crippen LogP contribution in [-0.2, 0) is 0 Å². The summed E-state index contributed by atoms with van der Waals surface area (Å²) in [6.45, 7) is 1.88. The molecule has 1 saturated carbocycles. The Labute approximate surface area is 119 Å². The van der Waals surface area contributed by atoms with Crippen molar-refractivity contribution in [1.29, 1.82) is 0 Å². The Bertz CT molecular complexity index is 560. The van der Waals surface area contributed by atoms with Crippen LogP contribution in [-0.4, -0.2) is 5.51 Å². The molecule has 0 nitrogen and oxygen atoms in total. The molecule has 0 bridgehead atoms. The number of benzene rings is 1. The maximum Gasteiger partial charge on any atom is 0.442 e. The molecule has 1 unspecified atom stereocenters. The molecule has 104 valence electrons. The number of fused-ring (bicyclic) bond motifs is 1. The maximum absolute atomic E-state index is 13.7. The van der Waals surface area contributed by atoms with E-state index in [1.165, 1.54) is 0 Å². The quantitative estimate of drug-likeness (QED) is 0.570. The highest BCUT2D eigenvalue weighted by Gasteiger charge is 2.57. The van der Waals surface area contributed by atoms with Crippen LogP contribution in [0.15, 0.2) is 28.0 Å². The van der Waals surface area contributed by atoms with Crippen molar-refractivity contribution in [3.05, 3.63) is 34.2 Å². The van der Waals surface area contributed by atoms with E-state index in [-0.39, 0.29) is 5.92 Å². The molecule has 1 aromatic rings. The van der Waals surface area contributed by atoms with Crippen molar-refractivity contribution < 1.29 is 13.2 Å². The molecule has 3 rings (SSSR count). The first kappa shape index (κ1) is 13.6. The van der Waals surface area contributed by atoms with Crippen molar-refractivity contribution in [3.8, 4) is 0 Å². The van der Waals surface area contributed by atoms with Gasteiger partial charge in [-0.1, -0.05) is 18.6 Å². The fraction of sp³-hybridized carbons (Fsp3) is 0.429. The van der Waals surface area contributed by atoms with Gasteiger partial charge in [0.25, 0.3) is 0 Å². The second-order valence-corrected chi connectivity index (χ2v) is 10.5. The predicted molar refractivity (Wildman–Crippen MR) is 77.3 cm³/mol. The van der Waals surface area contributed by atoms with E-state index in [2.05, 4.69) is 14.8 Å². The van der Waals surface area contributed by atoms with Gasteiger partial charge in [-0.2, -0.15) is 13.2 Å². The van der Waals surface area contributed by atoms with Crippen LogP contribution in [0.3, 0.4) is 0 Å². The molecule has 1 aliphatic heterocycles. The lowest BCUT2D eigenvalue weighted by molar-refractivity contribution is -0.0358. The summed E-state index contributed by atoms with van der Waals surface area (Å²) in [4.78, 5) is 1.01. The van der Waals surface area contributed by atoms with Gasteiger partial charge in [-0.3, -0.25) is 0 Å². The van der Waals surface area contributed by atoms with Crippen molar-refractivity contribution >= 4 is 29.4 Å². The van der Waals surface area contributed by atoms with E-state index >= 15 is 0 Å². The van der Waals surface area contributed by atoms with E-state index in [9.17, 15) is 13.2 Å².